The predicted molar refractivity (Wildman–Crippen MR) is 126 cm³/mol. The molecule has 4 rings (SSSR count). The summed E-state index contributed by atoms with van der Waals surface area (Å²) in [6, 6.07) is 10.1. The van der Waals surface area contributed by atoms with Gasteiger partial charge in [-0.25, -0.2) is 14.2 Å². The highest BCUT2D eigenvalue weighted by Gasteiger charge is 2.19. The van der Waals surface area contributed by atoms with Gasteiger partial charge in [0.2, 0.25) is 5.95 Å². The lowest BCUT2D eigenvalue weighted by Gasteiger charge is -2.14. The summed E-state index contributed by atoms with van der Waals surface area (Å²) in [4.78, 5) is 20.4. The van der Waals surface area contributed by atoms with Crippen LogP contribution in [0.25, 0.3) is 17.2 Å². The standard InChI is InChI=1S/C24H22ClFN4O3/c1-33-8-2-7-27-22-19(15-4-3-14-9-17(23(31)32)11-16(14)10-15)13-28-24(30-22)29-18-5-6-21(26)20(25)12-18/h3-6,9-10,12-13H,2,7-8,11H2,1H3,(H,31,32)(H2,27,28,29,30). The fraction of sp³-hybridized carbons (Fsp3) is 0.208. The molecule has 0 amide bonds. The average Bonchev–Trinajstić information content (AvgIpc) is 3.23. The smallest absolute Gasteiger partial charge is 0.331 e. The molecule has 0 saturated carbocycles. The number of methoxy groups -OCH3 is 1. The van der Waals surface area contributed by atoms with Crippen LogP contribution in [-0.2, 0) is 16.0 Å². The van der Waals surface area contributed by atoms with E-state index < -0.39 is 11.8 Å². The van der Waals surface area contributed by atoms with Crippen LogP contribution in [0.15, 0.2) is 48.2 Å². The van der Waals surface area contributed by atoms with Gasteiger partial charge in [0.15, 0.2) is 0 Å². The number of hydrogen-bond donors (Lipinski definition) is 3. The first kappa shape index (κ1) is 22.7. The number of fused-ring (bicyclic) bond motifs is 1. The largest absolute Gasteiger partial charge is 0.478 e. The Kier molecular flexibility index (Phi) is 6.86. The third-order valence-corrected chi connectivity index (χ3v) is 5.51. The zero-order valence-electron chi connectivity index (χ0n) is 17.9. The molecule has 3 N–H and O–H groups in total. The van der Waals surface area contributed by atoms with Crippen molar-refractivity contribution >= 4 is 41.1 Å². The Bertz CT molecular complexity index is 1230. The fourth-order valence-corrected chi connectivity index (χ4v) is 3.74. The van der Waals surface area contributed by atoms with Crippen LogP contribution < -0.4 is 10.6 Å². The second-order valence-electron chi connectivity index (χ2n) is 7.55. The van der Waals surface area contributed by atoms with Gasteiger partial charge < -0.3 is 20.5 Å². The Morgan fingerprint density at radius 2 is 2.12 bits per heavy atom. The first-order valence-electron chi connectivity index (χ1n) is 10.3. The van der Waals surface area contributed by atoms with E-state index in [0.717, 1.165) is 28.7 Å². The van der Waals surface area contributed by atoms with Crippen LogP contribution in [0, 0.1) is 5.82 Å². The normalized spacial score (nSPS) is 12.3. The van der Waals surface area contributed by atoms with Gasteiger partial charge in [0.25, 0.3) is 0 Å². The maximum absolute atomic E-state index is 13.5. The lowest BCUT2D eigenvalue weighted by Crippen LogP contribution is -2.09. The quantitative estimate of drug-likeness (QED) is 0.373. The molecule has 170 valence electrons. The molecular weight excluding hydrogens is 447 g/mol. The van der Waals surface area contributed by atoms with Crippen LogP contribution in [-0.4, -0.2) is 41.3 Å². The minimum atomic E-state index is -0.909. The summed E-state index contributed by atoms with van der Waals surface area (Å²) in [7, 11) is 1.65. The van der Waals surface area contributed by atoms with Crippen LogP contribution in [0.2, 0.25) is 5.02 Å². The number of ether oxygens (including phenoxy) is 1. The third-order valence-electron chi connectivity index (χ3n) is 5.22. The molecule has 0 unspecified atom stereocenters. The van der Waals surface area contributed by atoms with Crippen LogP contribution in [0.3, 0.4) is 0 Å². The molecule has 0 saturated heterocycles. The van der Waals surface area contributed by atoms with Gasteiger partial charge in [0.05, 0.1) is 5.02 Å². The van der Waals surface area contributed by atoms with Crippen molar-refractivity contribution in [2.75, 3.05) is 30.9 Å². The van der Waals surface area contributed by atoms with Crippen LogP contribution in [0.5, 0.6) is 0 Å². The highest BCUT2D eigenvalue weighted by molar-refractivity contribution is 6.31. The summed E-state index contributed by atoms with van der Waals surface area (Å²) in [5.74, 6) is -0.475. The molecule has 33 heavy (non-hydrogen) atoms. The number of anilines is 3. The fourth-order valence-electron chi connectivity index (χ4n) is 3.56. The van der Waals surface area contributed by atoms with Crippen molar-refractivity contribution < 1.29 is 19.0 Å². The zero-order valence-corrected chi connectivity index (χ0v) is 18.6. The summed E-state index contributed by atoms with van der Waals surface area (Å²) in [6.07, 6.45) is 4.55. The molecule has 0 atom stereocenters. The number of carboxylic acid groups (broad SMARTS) is 1. The van der Waals surface area contributed by atoms with Crippen molar-refractivity contribution in [2.45, 2.75) is 12.8 Å². The molecule has 3 aromatic rings. The van der Waals surface area contributed by atoms with Gasteiger partial charge in [-0.05, 0) is 47.4 Å². The third kappa shape index (κ3) is 5.30. The number of hydrogen-bond acceptors (Lipinski definition) is 6. The molecule has 0 fully saturated rings. The van der Waals surface area contributed by atoms with E-state index in [2.05, 4.69) is 20.6 Å². The van der Waals surface area contributed by atoms with Gasteiger partial charge in [0, 0.05) is 49.7 Å². The first-order valence-corrected chi connectivity index (χ1v) is 10.7. The van der Waals surface area contributed by atoms with Gasteiger partial charge in [-0.3, -0.25) is 0 Å². The minimum Gasteiger partial charge on any atom is -0.478 e. The Hall–Kier alpha value is -3.49. The summed E-state index contributed by atoms with van der Waals surface area (Å²) >= 11 is 5.87. The van der Waals surface area contributed by atoms with E-state index in [1.165, 1.54) is 12.1 Å². The molecule has 0 radical (unpaired) electrons. The topological polar surface area (TPSA) is 96.4 Å². The number of halogens is 2. The van der Waals surface area contributed by atoms with Crippen molar-refractivity contribution in [2.24, 2.45) is 0 Å². The SMILES string of the molecule is COCCCNc1nc(Nc2ccc(F)c(Cl)c2)ncc1-c1ccc2c(c1)CC(C(=O)O)=C2. The summed E-state index contributed by atoms with van der Waals surface area (Å²) < 4.78 is 18.6. The van der Waals surface area contributed by atoms with Crippen molar-refractivity contribution in [3.05, 3.63) is 70.1 Å². The van der Waals surface area contributed by atoms with Crippen molar-refractivity contribution in [3.63, 3.8) is 0 Å². The maximum atomic E-state index is 13.5. The number of nitrogens with zero attached hydrogens (tertiary/aromatic N) is 2. The number of nitrogens with one attached hydrogen (secondary N) is 2. The second kappa shape index (κ2) is 9.97. The number of aromatic nitrogens is 2. The molecule has 1 aliphatic rings. The molecule has 1 aromatic heterocycles. The van der Waals surface area contributed by atoms with E-state index in [9.17, 15) is 14.3 Å². The second-order valence-corrected chi connectivity index (χ2v) is 7.96. The zero-order chi connectivity index (χ0) is 23.4. The lowest BCUT2D eigenvalue weighted by atomic mass is 10.0. The monoisotopic (exact) mass is 468 g/mol. The number of aliphatic carboxylic acids is 1. The molecule has 2 aromatic carbocycles. The Morgan fingerprint density at radius 3 is 2.88 bits per heavy atom. The van der Waals surface area contributed by atoms with Gasteiger partial charge in [-0.2, -0.15) is 4.98 Å². The highest BCUT2D eigenvalue weighted by Crippen LogP contribution is 2.33. The minimum absolute atomic E-state index is 0.00187. The molecule has 9 heteroatoms. The Morgan fingerprint density at radius 1 is 1.27 bits per heavy atom. The maximum Gasteiger partial charge on any atom is 0.331 e. The van der Waals surface area contributed by atoms with E-state index in [1.807, 2.05) is 18.2 Å². The van der Waals surface area contributed by atoms with Gasteiger partial charge in [0.1, 0.15) is 11.6 Å². The Balaban J connectivity index is 1.62. The number of carbonyl (C=O) groups is 1. The van der Waals surface area contributed by atoms with Crippen LogP contribution >= 0.6 is 11.6 Å². The lowest BCUT2D eigenvalue weighted by molar-refractivity contribution is -0.132. The van der Waals surface area contributed by atoms with Gasteiger partial charge in [-0.15, -0.1) is 0 Å². The summed E-state index contributed by atoms with van der Waals surface area (Å²) in [5, 5.41) is 15.7. The van der Waals surface area contributed by atoms with E-state index in [0.29, 0.717) is 42.6 Å². The molecule has 0 aliphatic heterocycles. The Labute approximate surface area is 195 Å². The number of rotatable bonds is 9. The molecule has 7 nitrogen and oxygen atoms in total. The van der Waals surface area contributed by atoms with Gasteiger partial charge >= 0.3 is 5.97 Å². The highest BCUT2D eigenvalue weighted by atomic mass is 35.5. The number of benzene rings is 2. The summed E-state index contributed by atoms with van der Waals surface area (Å²) in [6.45, 7) is 1.24. The van der Waals surface area contributed by atoms with Crippen LogP contribution in [0.4, 0.5) is 21.8 Å². The van der Waals surface area contributed by atoms with E-state index in [-0.39, 0.29) is 5.02 Å². The molecule has 1 heterocycles. The van der Waals surface area contributed by atoms with Crippen LogP contribution in [0.1, 0.15) is 17.5 Å². The molecule has 0 bridgehead atoms. The van der Waals surface area contributed by atoms with E-state index in [4.69, 9.17) is 16.3 Å². The van der Waals surface area contributed by atoms with E-state index >= 15 is 0 Å². The predicted octanol–water partition coefficient (Wildman–Crippen LogP) is 5.15. The average molecular weight is 469 g/mol. The van der Waals surface area contributed by atoms with E-state index in [1.54, 1.807) is 25.4 Å². The van der Waals surface area contributed by atoms with Crippen molar-refractivity contribution in [3.8, 4) is 11.1 Å². The number of carboxylic acids is 1. The molecular formula is C24H22ClFN4O3. The first-order chi connectivity index (χ1) is 15.9. The van der Waals surface area contributed by atoms with Gasteiger partial charge in [-0.1, -0.05) is 29.8 Å². The molecule has 1 aliphatic carbocycles. The summed E-state index contributed by atoms with van der Waals surface area (Å²) in [5.41, 5.74) is 4.43. The molecule has 0 spiro atoms. The van der Waals surface area contributed by atoms with Crippen molar-refractivity contribution in [1.29, 1.82) is 0 Å². The van der Waals surface area contributed by atoms with Crippen molar-refractivity contribution in [1.82, 2.24) is 9.97 Å².